The average Bonchev–Trinajstić information content (AvgIpc) is 2.67. The summed E-state index contributed by atoms with van der Waals surface area (Å²) in [6.07, 6.45) is 0. The maximum Gasteiger partial charge on any atom is 0.241 e. The number of hydrogen-bond donors (Lipinski definition) is 1. The minimum atomic E-state index is -3.67. The molecule has 0 atom stereocenters. The quantitative estimate of drug-likeness (QED) is 0.687. The lowest BCUT2D eigenvalue weighted by Gasteiger charge is -2.13. The van der Waals surface area contributed by atoms with E-state index < -0.39 is 10.0 Å². The summed E-state index contributed by atoms with van der Waals surface area (Å²) < 4.78 is 39.1. The molecule has 26 heavy (non-hydrogen) atoms. The van der Waals surface area contributed by atoms with Gasteiger partial charge in [0.15, 0.2) is 0 Å². The highest BCUT2D eigenvalue weighted by Gasteiger charge is 2.18. The molecule has 136 valence electrons. The van der Waals surface area contributed by atoms with Crippen LogP contribution in [0, 0.1) is 0 Å². The molecule has 3 aromatic rings. The van der Waals surface area contributed by atoms with Crippen molar-refractivity contribution in [2.45, 2.75) is 18.4 Å². The van der Waals surface area contributed by atoms with Crippen LogP contribution in [0.4, 0.5) is 0 Å². The number of methoxy groups -OCH3 is 1. The van der Waals surface area contributed by atoms with Gasteiger partial charge in [0, 0.05) is 17.3 Å². The van der Waals surface area contributed by atoms with Crippen LogP contribution in [0.5, 0.6) is 11.5 Å². The van der Waals surface area contributed by atoms with Crippen molar-refractivity contribution in [3.05, 3.63) is 66.2 Å². The Morgan fingerprint density at radius 1 is 0.923 bits per heavy atom. The van der Waals surface area contributed by atoms with Crippen LogP contribution in [0.25, 0.3) is 10.8 Å². The third-order valence-corrected chi connectivity index (χ3v) is 5.52. The molecule has 0 fully saturated rings. The average molecular weight is 371 g/mol. The number of nitrogens with one attached hydrogen (secondary N) is 1. The van der Waals surface area contributed by atoms with E-state index in [1.807, 2.05) is 37.3 Å². The van der Waals surface area contributed by atoms with Gasteiger partial charge in [0.25, 0.3) is 0 Å². The molecule has 1 N–H and O–H groups in total. The van der Waals surface area contributed by atoms with Crippen LogP contribution in [-0.4, -0.2) is 22.1 Å². The minimum Gasteiger partial charge on any atom is -0.497 e. The Morgan fingerprint density at radius 2 is 1.62 bits per heavy atom. The Kier molecular flexibility index (Phi) is 5.44. The third kappa shape index (κ3) is 3.81. The second-order valence-corrected chi connectivity index (χ2v) is 7.45. The van der Waals surface area contributed by atoms with Crippen LogP contribution in [0.1, 0.15) is 12.5 Å². The van der Waals surface area contributed by atoms with E-state index in [9.17, 15) is 8.42 Å². The van der Waals surface area contributed by atoms with E-state index in [4.69, 9.17) is 9.47 Å². The summed E-state index contributed by atoms with van der Waals surface area (Å²) in [5.74, 6) is 1.41. The zero-order valence-electron chi connectivity index (χ0n) is 14.7. The van der Waals surface area contributed by atoms with Crippen LogP contribution < -0.4 is 14.2 Å². The molecule has 6 heteroatoms. The zero-order valence-corrected chi connectivity index (χ0v) is 15.5. The number of fused-ring (bicyclic) bond motifs is 1. The van der Waals surface area contributed by atoms with Crippen LogP contribution in [0.15, 0.2) is 65.6 Å². The lowest BCUT2D eigenvalue weighted by molar-refractivity contribution is 0.344. The molecular weight excluding hydrogens is 350 g/mol. The molecular formula is C20H21NO4S. The van der Waals surface area contributed by atoms with Crippen LogP contribution >= 0.6 is 0 Å². The first-order valence-corrected chi connectivity index (χ1v) is 9.80. The van der Waals surface area contributed by atoms with Crippen molar-refractivity contribution in [2.75, 3.05) is 13.7 Å². The van der Waals surface area contributed by atoms with E-state index in [0.29, 0.717) is 17.7 Å². The van der Waals surface area contributed by atoms with Crippen molar-refractivity contribution >= 4 is 20.8 Å². The summed E-state index contributed by atoms with van der Waals surface area (Å²) in [7, 11) is -2.08. The second-order valence-electron chi connectivity index (χ2n) is 5.71. The minimum absolute atomic E-state index is 0.202. The van der Waals surface area contributed by atoms with Crippen molar-refractivity contribution < 1.29 is 17.9 Å². The van der Waals surface area contributed by atoms with E-state index in [0.717, 1.165) is 16.7 Å². The van der Waals surface area contributed by atoms with Gasteiger partial charge in [-0.25, -0.2) is 13.1 Å². The maximum atomic E-state index is 12.8. The van der Waals surface area contributed by atoms with Gasteiger partial charge in [0.2, 0.25) is 10.0 Å². The fourth-order valence-corrected chi connectivity index (χ4v) is 3.99. The van der Waals surface area contributed by atoms with Crippen LogP contribution in [-0.2, 0) is 16.6 Å². The normalized spacial score (nSPS) is 11.5. The van der Waals surface area contributed by atoms with E-state index in [-0.39, 0.29) is 11.4 Å². The SMILES string of the molecule is CCOc1ccc(S(=O)(=O)NCc2ccc(OC)cc2)c2ccccc12. The lowest BCUT2D eigenvalue weighted by Crippen LogP contribution is -2.23. The highest BCUT2D eigenvalue weighted by Crippen LogP contribution is 2.31. The van der Waals surface area contributed by atoms with E-state index in [1.54, 1.807) is 37.4 Å². The molecule has 0 bridgehead atoms. The van der Waals surface area contributed by atoms with Crippen molar-refractivity contribution in [2.24, 2.45) is 0 Å². The first-order chi connectivity index (χ1) is 12.5. The first-order valence-electron chi connectivity index (χ1n) is 8.32. The molecule has 0 aromatic heterocycles. The summed E-state index contributed by atoms with van der Waals surface area (Å²) in [6.45, 7) is 2.62. The zero-order chi connectivity index (χ0) is 18.6. The van der Waals surface area contributed by atoms with E-state index in [2.05, 4.69) is 4.72 Å². The van der Waals surface area contributed by atoms with Crippen molar-refractivity contribution in [3.8, 4) is 11.5 Å². The van der Waals surface area contributed by atoms with Gasteiger partial charge >= 0.3 is 0 Å². The molecule has 0 saturated heterocycles. The summed E-state index contributed by atoms with van der Waals surface area (Å²) in [6, 6.07) is 17.9. The van der Waals surface area contributed by atoms with Gasteiger partial charge in [-0.15, -0.1) is 0 Å². The Hall–Kier alpha value is -2.57. The van der Waals surface area contributed by atoms with Gasteiger partial charge in [-0.2, -0.15) is 0 Å². The Balaban J connectivity index is 1.90. The molecule has 0 saturated carbocycles. The topological polar surface area (TPSA) is 64.6 Å². The summed E-state index contributed by atoms with van der Waals surface area (Å²) in [4.78, 5) is 0.241. The lowest BCUT2D eigenvalue weighted by atomic mass is 10.1. The molecule has 0 radical (unpaired) electrons. The number of rotatable bonds is 7. The monoisotopic (exact) mass is 371 g/mol. The Morgan fingerprint density at radius 3 is 2.27 bits per heavy atom. The molecule has 0 aliphatic heterocycles. The predicted octanol–water partition coefficient (Wildman–Crippen LogP) is 3.73. The highest BCUT2D eigenvalue weighted by molar-refractivity contribution is 7.89. The summed E-state index contributed by atoms with van der Waals surface area (Å²) in [5, 5.41) is 1.42. The van der Waals surface area contributed by atoms with Crippen molar-refractivity contribution in [3.63, 3.8) is 0 Å². The van der Waals surface area contributed by atoms with Crippen LogP contribution in [0.2, 0.25) is 0 Å². The fourth-order valence-electron chi connectivity index (χ4n) is 2.76. The van der Waals surface area contributed by atoms with Crippen molar-refractivity contribution in [1.82, 2.24) is 4.72 Å². The smallest absolute Gasteiger partial charge is 0.241 e. The number of sulfonamides is 1. The fraction of sp³-hybridized carbons (Fsp3) is 0.200. The standard InChI is InChI=1S/C20H21NO4S/c1-3-25-19-12-13-20(18-7-5-4-6-17(18)19)26(22,23)21-14-15-8-10-16(24-2)11-9-15/h4-13,21H,3,14H2,1-2H3. The predicted molar refractivity (Wildman–Crippen MR) is 102 cm³/mol. The van der Waals surface area contributed by atoms with E-state index >= 15 is 0 Å². The molecule has 0 amide bonds. The third-order valence-electron chi connectivity index (χ3n) is 4.06. The molecule has 3 aromatic carbocycles. The van der Waals surface area contributed by atoms with Gasteiger partial charge < -0.3 is 9.47 Å². The van der Waals surface area contributed by atoms with Gasteiger partial charge in [-0.3, -0.25) is 0 Å². The summed E-state index contributed by atoms with van der Waals surface area (Å²) in [5.41, 5.74) is 0.851. The highest BCUT2D eigenvalue weighted by atomic mass is 32.2. The van der Waals surface area contributed by atoms with Crippen LogP contribution in [0.3, 0.4) is 0 Å². The Bertz CT molecular complexity index is 998. The van der Waals surface area contributed by atoms with Crippen molar-refractivity contribution in [1.29, 1.82) is 0 Å². The molecule has 0 aliphatic rings. The maximum absolute atomic E-state index is 12.8. The number of benzene rings is 3. The largest absolute Gasteiger partial charge is 0.497 e. The summed E-state index contributed by atoms with van der Waals surface area (Å²) >= 11 is 0. The van der Waals surface area contributed by atoms with Gasteiger partial charge in [0.1, 0.15) is 11.5 Å². The molecule has 0 spiro atoms. The van der Waals surface area contributed by atoms with Gasteiger partial charge in [0.05, 0.1) is 18.6 Å². The molecule has 0 aliphatic carbocycles. The molecule has 0 heterocycles. The van der Waals surface area contributed by atoms with E-state index in [1.165, 1.54) is 0 Å². The van der Waals surface area contributed by atoms with Gasteiger partial charge in [-0.1, -0.05) is 36.4 Å². The number of ether oxygens (including phenoxy) is 2. The van der Waals surface area contributed by atoms with Gasteiger partial charge in [-0.05, 0) is 36.8 Å². The molecule has 0 unspecified atom stereocenters. The molecule has 3 rings (SSSR count). The molecule has 5 nitrogen and oxygen atoms in total. The first kappa shape index (κ1) is 18.2. The number of hydrogen-bond acceptors (Lipinski definition) is 4. The second kappa shape index (κ2) is 7.76. The Labute approximate surface area is 153 Å².